The summed E-state index contributed by atoms with van der Waals surface area (Å²) in [7, 11) is 0.147. The Hall–Kier alpha value is -2.74. The van der Waals surface area contributed by atoms with Crippen molar-refractivity contribution >= 4 is 15.9 Å². The van der Waals surface area contributed by atoms with Crippen LogP contribution in [0.25, 0.3) is 0 Å². The van der Waals surface area contributed by atoms with Crippen LogP contribution in [0, 0.1) is 0 Å². The Labute approximate surface area is 140 Å². The van der Waals surface area contributed by atoms with Crippen molar-refractivity contribution in [3.8, 4) is 17.2 Å². The quantitative estimate of drug-likeness (QED) is 0.854. The van der Waals surface area contributed by atoms with Gasteiger partial charge in [0, 0.05) is 6.07 Å². The van der Waals surface area contributed by atoms with Gasteiger partial charge < -0.3 is 14.2 Å². The van der Waals surface area contributed by atoms with Gasteiger partial charge in [0.25, 0.3) is 15.9 Å². The molecule has 0 aliphatic rings. The lowest BCUT2D eigenvalue weighted by Gasteiger charge is -2.12. The normalized spacial score (nSPS) is 10.8. The third kappa shape index (κ3) is 3.60. The molecule has 0 fully saturated rings. The van der Waals surface area contributed by atoms with Crippen molar-refractivity contribution in [2.45, 2.75) is 4.90 Å². The summed E-state index contributed by atoms with van der Waals surface area (Å²) < 4.78 is 42.0. The second kappa shape index (κ2) is 7.22. The highest BCUT2D eigenvalue weighted by Gasteiger charge is 2.22. The molecule has 0 aromatic heterocycles. The summed E-state index contributed by atoms with van der Waals surface area (Å²) in [5.74, 6) is 0.109. The summed E-state index contributed by atoms with van der Waals surface area (Å²) in [6.45, 7) is 0. The van der Waals surface area contributed by atoms with Gasteiger partial charge in [-0.25, -0.2) is 13.1 Å². The number of methoxy groups -OCH3 is 3. The first-order valence-corrected chi connectivity index (χ1v) is 8.33. The molecular formula is C16H17NO6S. The first-order valence-electron chi connectivity index (χ1n) is 6.85. The minimum Gasteiger partial charge on any atom is -0.496 e. The SMILES string of the molecule is COc1ccc(S(=O)(=O)NC(=O)c2ccccc2OC)cc1OC. The maximum absolute atomic E-state index is 12.4. The molecule has 7 nitrogen and oxygen atoms in total. The second-order valence-corrected chi connectivity index (χ2v) is 6.33. The lowest BCUT2D eigenvalue weighted by atomic mass is 10.2. The number of carbonyl (C=O) groups is 1. The largest absolute Gasteiger partial charge is 0.496 e. The lowest BCUT2D eigenvalue weighted by molar-refractivity contribution is 0.0978. The zero-order valence-electron chi connectivity index (χ0n) is 13.4. The monoisotopic (exact) mass is 351 g/mol. The van der Waals surface area contributed by atoms with Crippen LogP contribution >= 0.6 is 0 Å². The smallest absolute Gasteiger partial charge is 0.268 e. The number of benzene rings is 2. The molecule has 0 saturated carbocycles. The van der Waals surface area contributed by atoms with Gasteiger partial charge in [-0.1, -0.05) is 12.1 Å². The van der Waals surface area contributed by atoms with Gasteiger partial charge in [-0.15, -0.1) is 0 Å². The van der Waals surface area contributed by atoms with Crippen LogP contribution in [0.15, 0.2) is 47.4 Å². The summed E-state index contributed by atoms with van der Waals surface area (Å²) >= 11 is 0. The Morgan fingerprint density at radius 3 is 2.12 bits per heavy atom. The van der Waals surface area contributed by atoms with Crippen LogP contribution in [0.3, 0.4) is 0 Å². The Bertz CT molecular complexity index is 847. The van der Waals surface area contributed by atoms with Gasteiger partial charge >= 0.3 is 0 Å². The van der Waals surface area contributed by atoms with E-state index in [0.717, 1.165) is 0 Å². The average molecular weight is 351 g/mol. The Kier molecular flexibility index (Phi) is 5.30. The second-order valence-electron chi connectivity index (χ2n) is 4.65. The van der Waals surface area contributed by atoms with Crippen molar-refractivity contribution in [2.24, 2.45) is 0 Å². The number of amides is 1. The molecule has 1 amide bonds. The van der Waals surface area contributed by atoms with E-state index in [1.165, 1.54) is 45.6 Å². The molecule has 0 saturated heterocycles. The van der Waals surface area contributed by atoms with E-state index >= 15 is 0 Å². The highest BCUT2D eigenvalue weighted by atomic mass is 32.2. The van der Waals surface area contributed by atoms with E-state index in [4.69, 9.17) is 14.2 Å². The summed E-state index contributed by atoms with van der Waals surface area (Å²) in [6.07, 6.45) is 0. The highest BCUT2D eigenvalue weighted by molar-refractivity contribution is 7.90. The number of hydrogen-bond donors (Lipinski definition) is 1. The molecule has 0 atom stereocenters. The van der Waals surface area contributed by atoms with Gasteiger partial charge in [-0.3, -0.25) is 4.79 Å². The van der Waals surface area contributed by atoms with Gasteiger partial charge in [0.1, 0.15) is 5.75 Å². The molecule has 2 aromatic carbocycles. The summed E-state index contributed by atoms with van der Waals surface area (Å²) in [4.78, 5) is 12.1. The molecular weight excluding hydrogens is 334 g/mol. The summed E-state index contributed by atoms with van der Waals surface area (Å²) in [6, 6.07) is 10.4. The van der Waals surface area contributed by atoms with Gasteiger partial charge in [-0.05, 0) is 24.3 Å². The number of ether oxygens (including phenoxy) is 3. The molecule has 0 radical (unpaired) electrons. The van der Waals surface area contributed by atoms with Crippen molar-refractivity contribution < 1.29 is 27.4 Å². The number of para-hydroxylation sites is 1. The fraction of sp³-hybridized carbons (Fsp3) is 0.188. The highest BCUT2D eigenvalue weighted by Crippen LogP contribution is 2.29. The van der Waals surface area contributed by atoms with E-state index in [0.29, 0.717) is 5.75 Å². The number of nitrogens with one attached hydrogen (secondary N) is 1. The van der Waals surface area contributed by atoms with E-state index < -0.39 is 15.9 Å². The predicted molar refractivity (Wildman–Crippen MR) is 87.2 cm³/mol. The van der Waals surface area contributed by atoms with E-state index in [1.54, 1.807) is 18.2 Å². The van der Waals surface area contributed by atoms with Crippen LogP contribution < -0.4 is 18.9 Å². The fourth-order valence-electron chi connectivity index (χ4n) is 2.05. The molecule has 1 N–H and O–H groups in total. The summed E-state index contributed by atoms with van der Waals surface area (Å²) in [5.41, 5.74) is 0.115. The predicted octanol–water partition coefficient (Wildman–Crippen LogP) is 1.83. The third-order valence-electron chi connectivity index (χ3n) is 3.24. The van der Waals surface area contributed by atoms with Crippen molar-refractivity contribution in [1.82, 2.24) is 4.72 Å². The molecule has 0 bridgehead atoms. The van der Waals surface area contributed by atoms with Crippen LogP contribution in [-0.4, -0.2) is 35.7 Å². The third-order valence-corrected chi connectivity index (χ3v) is 4.57. The number of carbonyl (C=O) groups excluding carboxylic acids is 1. The van der Waals surface area contributed by atoms with Gasteiger partial charge in [0.2, 0.25) is 0 Å². The Morgan fingerprint density at radius 2 is 1.50 bits per heavy atom. The van der Waals surface area contributed by atoms with Crippen molar-refractivity contribution in [2.75, 3.05) is 21.3 Å². The zero-order chi connectivity index (χ0) is 17.7. The minimum absolute atomic E-state index is 0.115. The van der Waals surface area contributed by atoms with Crippen LogP contribution in [0.5, 0.6) is 17.2 Å². The first-order chi connectivity index (χ1) is 11.4. The molecule has 0 aliphatic carbocycles. The van der Waals surface area contributed by atoms with E-state index in [-0.39, 0.29) is 22.0 Å². The maximum atomic E-state index is 12.4. The molecule has 0 spiro atoms. The Balaban J connectivity index is 2.33. The zero-order valence-corrected chi connectivity index (χ0v) is 14.2. The van der Waals surface area contributed by atoms with Crippen molar-refractivity contribution in [3.05, 3.63) is 48.0 Å². The van der Waals surface area contributed by atoms with Gasteiger partial charge in [-0.2, -0.15) is 0 Å². The number of sulfonamides is 1. The van der Waals surface area contributed by atoms with E-state index in [1.807, 2.05) is 4.72 Å². The molecule has 128 valence electrons. The van der Waals surface area contributed by atoms with Gasteiger partial charge in [0.15, 0.2) is 11.5 Å². The van der Waals surface area contributed by atoms with E-state index in [2.05, 4.69) is 0 Å². The first kappa shape index (κ1) is 17.6. The molecule has 0 unspecified atom stereocenters. The average Bonchev–Trinajstić information content (AvgIpc) is 2.60. The molecule has 8 heteroatoms. The lowest BCUT2D eigenvalue weighted by Crippen LogP contribution is -2.30. The fourth-order valence-corrected chi connectivity index (χ4v) is 3.03. The minimum atomic E-state index is -4.08. The van der Waals surface area contributed by atoms with Gasteiger partial charge in [0.05, 0.1) is 31.8 Å². The summed E-state index contributed by atoms with van der Waals surface area (Å²) in [5, 5.41) is 0. The Morgan fingerprint density at radius 1 is 0.875 bits per heavy atom. The number of hydrogen-bond acceptors (Lipinski definition) is 6. The number of rotatable bonds is 6. The van der Waals surface area contributed by atoms with Crippen LogP contribution in [-0.2, 0) is 10.0 Å². The van der Waals surface area contributed by atoms with E-state index in [9.17, 15) is 13.2 Å². The van der Waals surface area contributed by atoms with Crippen LogP contribution in [0.4, 0.5) is 0 Å². The topological polar surface area (TPSA) is 90.9 Å². The maximum Gasteiger partial charge on any atom is 0.268 e. The van der Waals surface area contributed by atoms with Crippen molar-refractivity contribution in [1.29, 1.82) is 0 Å². The molecule has 0 heterocycles. The molecule has 0 aliphatic heterocycles. The van der Waals surface area contributed by atoms with Crippen LogP contribution in [0.2, 0.25) is 0 Å². The standard InChI is InChI=1S/C16H17NO6S/c1-21-13-7-5-4-6-12(13)16(18)17-24(19,20)11-8-9-14(22-2)15(10-11)23-3/h4-10H,1-3H3,(H,17,18). The van der Waals surface area contributed by atoms with Crippen LogP contribution in [0.1, 0.15) is 10.4 Å². The molecule has 24 heavy (non-hydrogen) atoms. The van der Waals surface area contributed by atoms with Crippen molar-refractivity contribution in [3.63, 3.8) is 0 Å². The molecule has 2 aromatic rings. The molecule has 2 rings (SSSR count).